The summed E-state index contributed by atoms with van der Waals surface area (Å²) in [6.45, 7) is 11.2. The fourth-order valence-corrected chi connectivity index (χ4v) is 4.07. The summed E-state index contributed by atoms with van der Waals surface area (Å²) in [5.41, 5.74) is -0.778. The number of thiol groups is 4. The number of ketones is 2. The van der Waals surface area contributed by atoms with E-state index in [-0.39, 0.29) is 63.2 Å². The van der Waals surface area contributed by atoms with Crippen LogP contribution in [0.25, 0.3) is 0 Å². The Morgan fingerprint density at radius 2 is 1.24 bits per heavy atom. The van der Waals surface area contributed by atoms with Gasteiger partial charge in [0.2, 0.25) is 17.7 Å². The molecule has 0 spiro atoms. The first-order valence-corrected chi connectivity index (χ1v) is 12.1. The maximum atomic E-state index is 12.8. The van der Waals surface area contributed by atoms with E-state index < -0.39 is 50.1 Å². The van der Waals surface area contributed by atoms with Crippen molar-refractivity contribution >= 4 is 107 Å². The summed E-state index contributed by atoms with van der Waals surface area (Å²) in [6.07, 6.45) is -0.509. The highest BCUT2D eigenvalue weighted by molar-refractivity contribution is 7.82. The van der Waals surface area contributed by atoms with Gasteiger partial charge in [-0.1, -0.05) is 41.5 Å². The molecule has 0 radical (unpaired) electrons. The summed E-state index contributed by atoms with van der Waals surface area (Å²) in [6, 6.07) is 0. The highest BCUT2D eigenvalue weighted by Gasteiger charge is 2.47. The second-order valence-electron chi connectivity index (χ2n) is 10.2. The molecule has 5 atom stereocenters. The van der Waals surface area contributed by atoms with Gasteiger partial charge in [-0.3, -0.25) is 24.0 Å². The van der Waals surface area contributed by atoms with Crippen LogP contribution in [0.4, 0.5) is 0 Å². The molecule has 1 fully saturated rings. The predicted molar refractivity (Wildman–Crippen MR) is 155 cm³/mol. The number of imide groups is 3. The van der Waals surface area contributed by atoms with Gasteiger partial charge in [0.25, 0.3) is 0 Å². The van der Waals surface area contributed by atoms with Gasteiger partial charge >= 0.3 is 0 Å². The van der Waals surface area contributed by atoms with Gasteiger partial charge in [-0.25, -0.2) is 4.90 Å². The number of likely N-dealkylation sites (tertiary alicyclic amines) is 1. The summed E-state index contributed by atoms with van der Waals surface area (Å²) in [5.74, 6) is -3.58. The molecular formula is C21H37NO5S6. The lowest BCUT2D eigenvalue weighted by atomic mass is 9.86. The lowest BCUT2D eigenvalue weighted by molar-refractivity contribution is -0.150. The molecule has 0 N–H and O–H groups in total. The third kappa shape index (κ3) is 9.33. The van der Waals surface area contributed by atoms with E-state index in [2.05, 4.69) is 50.5 Å². The number of hydrogen-bond acceptors (Lipinski definition) is 9. The topological polar surface area (TPSA) is 88.6 Å². The SMILES string of the molecule is CC(C)(C)C(S)C(=O)CC(S)C(=O)N1C(=O)CC(C(S)CC(=O)C(S)C(C)(C)C)C1=O.S.S. The molecule has 12 heteroatoms. The molecular weight excluding hydrogens is 539 g/mol. The van der Waals surface area contributed by atoms with Crippen molar-refractivity contribution in [1.82, 2.24) is 4.90 Å². The van der Waals surface area contributed by atoms with Crippen LogP contribution >= 0.6 is 77.5 Å². The first-order valence-electron chi connectivity index (χ1n) is 10.1. The highest BCUT2D eigenvalue weighted by atomic mass is 32.1. The van der Waals surface area contributed by atoms with Crippen LogP contribution in [0.1, 0.15) is 60.8 Å². The van der Waals surface area contributed by atoms with Crippen molar-refractivity contribution in [3.05, 3.63) is 0 Å². The molecule has 33 heavy (non-hydrogen) atoms. The van der Waals surface area contributed by atoms with E-state index in [9.17, 15) is 24.0 Å². The minimum atomic E-state index is -1.14. The monoisotopic (exact) mass is 575 g/mol. The molecule has 1 aliphatic rings. The molecule has 5 unspecified atom stereocenters. The summed E-state index contributed by atoms with van der Waals surface area (Å²) < 4.78 is 0. The van der Waals surface area contributed by atoms with Crippen LogP contribution in [-0.2, 0) is 24.0 Å². The predicted octanol–water partition coefficient (Wildman–Crippen LogP) is 3.32. The number of nitrogens with zero attached hydrogens (tertiary/aromatic N) is 1. The zero-order chi connectivity index (χ0) is 24.5. The summed E-state index contributed by atoms with van der Waals surface area (Å²) in [4.78, 5) is 63.4. The Bertz CT molecular complexity index is 761. The summed E-state index contributed by atoms with van der Waals surface area (Å²) in [5, 5.41) is -3.02. The number of hydrogen-bond donors (Lipinski definition) is 4. The lowest BCUT2D eigenvalue weighted by Crippen LogP contribution is -2.44. The first kappa shape index (κ1) is 35.4. The third-order valence-electron chi connectivity index (χ3n) is 5.21. The van der Waals surface area contributed by atoms with Gasteiger partial charge in [-0.15, -0.1) is 0 Å². The Morgan fingerprint density at radius 1 is 0.848 bits per heavy atom. The van der Waals surface area contributed by atoms with Crippen LogP contribution in [0, 0.1) is 16.7 Å². The van der Waals surface area contributed by atoms with E-state index in [1.165, 1.54) is 0 Å². The molecule has 0 aliphatic carbocycles. The van der Waals surface area contributed by atoms with Crippen molar-refractivity contribution in [1.29, 1.82) is 0 Å². The molecule has 1 saturated heterocycles. The van der Waals surface area contributed by atoms with Gasteiger partial charge < -0.3 is 0 Å². The van der Waals surface area contributed by atoms with Crippen LogP contribution in [0.5, 0.6) is 0 Å². The minimum absolute atomic E-state index is 0. The number of carbonyl (C=O) groups is 5. The Labute approximate surface area is 233 Å². The van der Waals surface area contributed by atoms with Crippen molar-refractivity contribution in [3.8, 4) is 0 Å². The van der Waals surface area contributed by atoms with Crippen LogP contribution in [0.15, 0.2) is 0 Å². The summed E-state index contributed by atoms with van der Waals surface area (Å²) in [7, 11) is 0. The molecule has 3 amide bonds. The minimum Gasteiger partial charge on any atom is -0.298 e. The normalized spacial score (nSPS) is 20.3. The van der Waals surface area contributed by atoms with Crippen molar-refractivity contribution in [3.63, 3.8) is 0 Å². The van der Waals surface area contributed by atoms with Crippen LogP contribution in [0.2, 0.25) is 0 Å². The Balaban J connectivity index is 0. The number of amides is 3. The van der Waals surface area contributed by atoms with Crippen LogP contribution < -0.4 is 0 Å². The fourth-order valence-electron chi connectivity index (χ4n) is 3.15. The molecule has 192 valence electrons. The Kier molecular flexibility index (Phi) is 14.5. The second kappa shape index (κ2) is 13.5. The largest absolute Gasteiger partial charge is 0.298 e. The van der Waals surface area contributed by atoms with Crippen LogP contribution in [-0.4, -0.2) is 55.2 Å². The van der Waals surface area contributed by atoms with Gasteiger partial charge in [0.1, 0.15) is 11.6 Å². The molecule has 0 saturated carbocycles. The van der Waals surface area contributed by atoms with E-state index in [0.29, 0.717) is 4.90 Å². The average Bonchev–Trinajstić information content (AvgIpc) is 2.92. The zero-order valence-electron chi connectivity index (χ0n) is 19.8. The smallest absolute Gasteiger partial charge is 0.249 e. The van der Waals surface area contributed by atoms with Gasteiger partial charge in [-0.05, 0) is 10.8 Å². The van der Waals surface area contributed by atoms with Crippen molar-refractivity contribution < 1.29 is 24.0 Å². The lowest BCUT2D eigenvalue weighted by Gasteiger charge is -2.27. The second-order valence-corrected chi connectivity index (χ2v) is 12.5. The Morgan fingerprint density at radius 3 is 1.64 bits per heavy atom. The van der Waals surface area contributed by atoms with Crippen LogP contribution in [0.3, 0.4) is 0 Å². The van der Waals surface area contributed by atoms with Crippen molar-refractivity contribution in [2.45, 2.75) is 81.8 Å². The number of rotatable bonds is 8. The highest BCUT2D eigenvalue weighted by Crippen LogP contribution is 2.33. The Hall–Kier alpha value is 0.250. The number of carbonyl (C=O) groups excluding carboxylic acids is 5. The van der Waals surface area contributed by atoms with E-state index in [0.717, 1.165) is 0 Å². The van der Waals surface area contributed by atoms with Gasteiger partial charge in [-0.2, -0.15) is 77.5 Å². The molecule has 6 nitrogen and oxygen atoms in total. The molecule has 0 bridgehead atoms. The van der Waals surface area contributed by atoms with Crippen molar-refractivity contribution in [2.24, 2.45) is 16.7 Å². The molecule has 0 aromatic heterocycles. The molecule has 1 aliphatic heterocycles. The summed E-state index contributed by atoms with van der Waals surface area (Å²) >= 11 is 17.2. The molecule has 1 heterocycles. The van der Waals surface area contributed by atoms with Gasteiger partial charge in [0, 0.05) is 24.5 Å². The number of Topliss-reactive ketones (excluding diaryl/α,β-unsaturated/α-hetero) is 2. The quantitative estimate of drug-likeness (QED) is 0.264. The third-order valence-corrected chi connectivity index (χ3v) is 8.28. The van der Waals surface area contributed by atoms with Crippen molar-refractivity contribution in [2.75, 3.05) is 0 Å². The zero-order valence-corrected chi connectivity index (χ0v) is 25.4. The van der Waals surface area contributed by atoms with E-state index >= 15 is 0 Å². The standard InChI is InChI=1S/C21H33NO5S4.2H2S/c1-20(2,3)16(30)11(23)8-13(28)10-7-15(25)22(18(10)26)19(27)14(29)9-12(24)17(31)21(4,5)6;;/h10,13-14,16-17,28-31H,7-9H2,1-6H3;2*1H2. The maximum Gasteiger partial charge on any atom is 0.249 e. The average molecular weight is 576 g/mol. The van der Waals surface area contributed by atoms with E-state index in [1.807, 2.05) is 41.5 Å². The molecule has 1 rings (SSSR count). The van der Waals surface area contributed by atoms with E-state index in [4.69, 9.17) is 0 Å². The van der Waals surface area contributed by atoms with Gasteiger partial charge in [0.15, 0.2) is 0 Å². The first-order chi connectivity index (χ1) is 13.9. The maximum absolute atomic E-state index is 12.8. The van der Waals surface area contributed by atoms with Gasteiger partial charge in [0.05, 0.1) is 21.7 Å². The molecule has 0 aromatic carbocycles. The van der Waals surface area contributed by atoms with E-state index in [1.54, 1.807) is 0 Å². The fraction of sp³-hybridized carbons (Fsp3) is 0.762. The molecule has 0 aromatic rings.